The average molecular weight is 340 g/mol. The first-order chi connectivity index (χ1) is 11.8. The Morgan fingerprint density at radius 1 is 1.12 bits per heavy atom. The quantitative estimate of drug-likeness (QED) is 0.813. The summed E-state index contributed by atoms with van der Waals surface area (Å²) in [5.74, 6) is -0.324. The standard InChI is InChI=1S/C20H24N2O3/c1-14(20(2,3)16-9-5-4-6-10-16)22-19(24)15-8-7-11-17(12-15)25-13-18(21)23/h4-12,14H,13H2,1-3H3,(H2,21,23)(H,22,24)/t14-/m0/s1. The van der Waals surface area contributed by atoms with Gasteiger partial charge in [-0.05, 0) is 30.7 Å². The summed E-state index contributed by atoms with van der Waals surface area (Å²) in [6, 6.07) is 16.7. The van der Waals surface area contributed by atoms with Crippen molar-refractivity contribution in [3.8, 4) is 5.75 Å². The van der Waals surface area contributed by atoms with Gasteiger partial charge in [-0.2, -0.15) is 0 Å². The molecule has 1 atom stereocenters. The minimum Gasteiger partial charge on any atom is -0.484 e. The van der Waals surface area contributed by atoms with Crippen LogP contribution in [0.15, 0.2) is 54.6 Å². The number of primary amides is 1. The zero-order valence-electron chi connectivity index (χ0n) is 14.8. The monoisotopic (exact) mass is 340 g/mol. The molecule has 2 aromatic rings. The Morgan fingerprint density at radius 2 is 1.80 bits per heavy atom. The van der Waals surface area contributed by atoms with Gasteiger partial charge in [-0.1, -0.05) is 50.2 Å². The molecule has 0 saturated heterocycles. The SMILES string of the molecule is C[C@H](NC(=O)c1cccc(OCC(N)=O)c1)C(C)(C)c1ccccc1. The second kappa shape index (κ2) is 7.83. The Morgan fingerprint density at radius 3 is 2.44 bits per heavy atom. The molecule has 0 aliphatic rings. The predicted molar refractivity (Wildman–Crippen MR) is 97.5 cm³/mol. The number of hydrogen-bond donors (Lipinski definition) is 2. The van der Waals surface area contributed by atoms with E-state index in [4.69, 9.17) is 10.5 Å². The van der Waals surface area contributed by atoms with Gasteiger partial charge in [0.1, 0.15) is 5.75 Å². The number of carbonyl (C=O) groups excluding carboxylic acids is 2. The topological polar surface area (TPSA) is 81.4 Å². The predicted octanol–water partition coefficient (Wildman–Crippen LogP) is 2.65. The van der Waals surface area contributed by atoms with Crippen LogP contribution in [0.5, 0.6) is 5.75 Å². The van der Waals surface area contributed by atoms with Gasteiger partial charge in [-0.3, -0.25) is 9.59 Å². The summed E-state index contributed by atoms with van der Waals surface area (Å²) in [6.07, 6.45) is 0. The molecule has 0 fully saturated rings. The van der Waals surface area contributed by atoms with Gasteiger partial charge in [0, 0.05) is 17.0 Å². The maximum Gasteiger partial charge on any atom is 0.255 e. The first-order valence-electron chi connectivity index (χ1n) is 8.18. The van der Waals surface area contributed by atoms with Gasteiger partial charge >= 0.3 is 0 Å². The van der Waals surface area contributed by atoms with E-state index in [1.165, 1.54) is 0 Å². The fourth-order valence-electron chi connectivity index (χ4n) is 2.46. The third kappa shape index (κ3) is 4.83. The van der Waals surface area contributed by atoms with Crippen molar-refractivity contribution in [2.75, 3.05) is 6.61 Å². The van der Waals surface area contributed by atoms with E-state index in [9.17, 15) is 9.59 Å². The summed E-state index contributed by atoms with van der Waals surface area (Å²) >= 11 is 0. The highest BCUT2D eigenvalue weighted by atomic mass is 16.5. The van der Waals surface area contributed by atoms with Crippen LogP contribution in [-0.4, -0.2) is 24.5 Å². The smallest absolute Gasteiger partial charge is 0.255 e. The fraction of sp³-hybridized carbons (Fsp3) is 0.300. The van der Waals surface area contributed by atoms with Gasteiger partial charge in [-0.15, -0.1) is 0 Å². The molecule has 0 saturated carbocycles. The van der Waals surface area contributed by atoms with Crippen LogP contribution < -0.4 is 15.8 Å². The number of hydrogen-bond acceptors (Lipinski definition) is 3. The molecule has 3 N–H and O–H groups in total. The van der Waals surface area contributed by atoms with Gasteiger partial charge in [-0.25, -0.2) is 0 Å². The summed E-state index contributed by atoms with van der Waals surface area (Å²) in [7, 11) is 0. The zero-order chi connectivity index (χ0) is 18.4. The number of nitrogens with two attached hydrogens (primary N) is 1. The molecule has 132 valence electrons. The number of amides is 2. The maximum absolute atomic E-state index is 12.6. The normalized spacial score (nSPS) is 12.3. The summed E-state index contributed by atoms with van der Waals surface area (Å²) in [5.41, 5.74) is 6.46. The number of ether oxygens (including phenoxy) is 1. The van der Waals surface area contributed by atoms with Crippen LogP contribution in [0.3, 0.4) is 0 Å². The molecule has 0 bridgehead atoms. The van der Waals surface area contributed by atoms with Gasteiger partial charge < -0.3 is 15.8 Å². The highest BCUT2D eigenvalue weighted by molar-refractivity contribution is 5.94. The Kier molecular flexibility index (Phi) is 5.80. The van der Waals surface area contributed by atoms with Crippen LogP contribution in [-0.2, 0) is 10.2 Å². The first-order valence-corrected chi connectivity index (χ1v) is 8.18. The highest BCUT2D eigenvalue weighted by Gasteiger charge is 2.29. The minimum absolute atomic E-state index is 0.0856. The molecular weight excluding hydrogens is 316 g/mol. The number of benzene rings is 2. The molecule has 0 aliphatic heterocycles. The lowest BCUT2D eigenvalue weighted by Gasteiger charge is -2.33. The molecule has 0 aliphatic carbocycles. The van der Waals surface area contributed by atoms with E-state index in [0.29, 0.717) is 11.3 Å². The van der Waals surface area contributed by atoms with Gasteiger partial charge in [0.15, 0.2) is 6.61 Å². The van der Waals surface area contributed by atoms with Crippen LogP contribution in [0.2, 0.25) is 0 Å². The van der Waals surface area contributed by atoms with Crippen LogP contribution in [0.4, 0.5) is 0 Å². The Labute approximate surface area is 148 Å². The minimum atomic E-state index is -0.562. The van der Waals surface area contributed by atoms with E-state index in [1.54, 1.807) is 24.3 Å². The third-order valence-electron chi connectivity index (χ3n) is 4.43. The van der Waals surface area contributed by atoms with Crippen LogP contribution in [0.1, 0.15) is 36.7 Å². The lowest BCUT2D eigenvalue weighted by atomic mass is 9.78. The molecule has 0 aromatic heterocycles. The largest absolute Gasteiger partial charge is 0.484 e. The summed E-state index contributed by atoms with van der Waals surface area (Å²) in [4.78, 5) is 23.4. The second-order valence-corrected chi connectivity index (χ2v) is 6.57. The number of nitrogens with one attached hydrogen (secondary N) is 1. The second-order valence-electron chi connectivity index (χ2n) is 6.57. The molecule has 2 aromatic carbocycles. The Bertz CT molecular complexity index is 742. The number of carbonyl (C=O) groups is 2. The van der Waals surface area contributed by atoms with E-state index in [2.05, 4.69) is 31.3 Å². The van der Waals surface area contributed by atoms with Gasteiger partial charge in [0.25, 0.3) is 11.8 Å². The maximum atomic E-state index is 12.6. The van der Waals surface area contributed by atoms with Crippen molar-refractivity contribution in [1.82, 2.24) is 5.32 Å². The van der Waals surface area contributed by atoms with E-state index in [1.807, 2.05) is 25.1 Å². The van der Waals surface area contributed by atoms with Gasteiger partial charge in [0.05, 0.1) is 0 Å². The van der Waals surface area contributed by atoms with E-state index >= 15 is 0 Å². The zero-order valence-corrected chi connectivity index (χ0v) is 14.8. The molecular formula is C20H24N2O3. The summed E-state index contributed by atoms with van der Waals surface area (Å²) < 4.78 is 5.25. The fourth-order valence-corrected chi connectivity index (χ4v) is 2.46. The highest BCUT2D eigenvalue weighted by Crippen LogP contribution is 2.27. The van der Waals surface area contributed by atoms with Crippen molar-refractivity contribution in [2.45, 2.75) is 32.2 Å². The molecule has 0 heterocycles. The molecule has 5 heteroatoms. The Hall–Kier alpha value is -2.82. The van der Waals surface area contributed by atoms with Crippen molar-refractivity contribution in [2.24, 2.45) is 5.73 Å². The van der Waals surface area contributed by atoms with Crippen LogP contribution in [0, 0.1) is 0 Å². The average Bonchev–Trinajstić information content (AvgIpc) is 2.60. The molecule has 25 heavy (non-hydrogen) atoms. The molecule has 5 nitrogen and oxygen atoms in total. The van der Waals surface area contributed by atoms with Crippen molar-refractivity contribution in [1.29, 1.82) is 0 Å². The summed E-state index contributed by atoms with van der Waals surface area (Å²) in [6.45, 7) is 5.96. The van der Waals surface area contributed by atoms with Crippen molar-refractivity contribution in [3.63, 3.8) is 0 Å². The molecule has 0 radical (unpaired) electrons. The van der Waals surface area contributed by atoms with Gasteiger partial charge in [0.2, 0.25) is 0 Å². The lowest BCUT2D eigenvalue weighted by molar-refractivity contribution is -0.119. The van der Waals surface area contributed by atoms with E-state index in [-0.39, 0.29) is 24.0 Å². The Balaban J connectivity index is 2.08. The molecule has 2 rings (SSSR count). The van der Waals surface area contributed by atoms with E-state index in [0.717, 1.165) is 5.56 Å². The molecule has 2 amide bonds. The third-order valence-corrected chi connectivity index (χ3v) is 4.43. The molecule has 0 spiro atoms. The van der Waals surface area contributed by atoms with Crippen LogP contribution >= 0.6 is 0 Å². The van der Waals surface area contributed by atoms with E-state index < -0.39 is 5.91 Å². The van der Waals surface area contributed by atoms with Crippen molar-refractivity contribution in [3.05, 3.63) is 65.7 Å². The first kappa shape index (κ1) is 18.5. The lowest BCUT2D eigenvalue weighted by Crippen LogP contribution is -2.45. The van der Waals surface area contributed by atoms with Crippen LogP contribution in [0.25, 0.3) is 0 Å². The van der Waals surface area contributed by atoms with Crippen molar-refractivity contribution >= 4 is 11.8 Å². The van der Waals surface area contributed by atoms with Crippen molar-refractivity contribution < 1.29 is 14.3 Å². The summed E-state index contributed by atoms with van der Waals surface area (Å²) in [5, 5.41) is 3.04. The molecule has 0 unspecified atom stereocenters. The number of rotatable bonds is 7.